The molecule has 0 saturated heterocycles. The number of halogens is 1. The van der Waals surface area contributed by atoms with Crippen LogP contribution in [0.4, 0.5) is 4.39 Å². The van der Waals surface area contributed by atoms with Crippen LogP contribution in [0.2, 0.25) is 0 Å². The molecule has 0 saturated carbocycles. The van der Waals surface area contributed by atoms with Crippen LogP contribution in [0.5, 0.6) is 5.75 Å². The Morgan fingerprint density at radius 2 is 1.92 bits per heavy atom. The van der Waals surface area contributed by atoms with Gasteiger partial charge in [0.05, 0.1) is 0 Å². The first-order valence-corrected chi connectivity index (χ1v) is 9.56. The average molecular weight is 363 g/mol. The van der Waals surface area contributed by atoms with E-state index < -0.39 is 21.7 Å². The first-order valence-electron chi connectivity index (χ1n) is 7.10. The van der Waals surface area contributed by atoms with Crippen molar-refractivity contribution in [3.8, 4) is 16.3 Å². The smallest absolute Gasteiger partial charge is 0.313 e. The Hall–Kier alpha value is -2.25. The molecule has 3 aromatic rings. The molecule has 2 aromatic carbocycles. The van der Waals surface area contributed by atoms with E-state index in [0.717, 1.165) is 16.3 Å². The van der Waals surface area contributed by atoms with Gasteiger partial charge in [-0.2, -0.15) is 8.42 Å². The third-order valence-corrected chi connectivity index (χ3v) is 5.32. The van der Waals surface area contributed by atoms with Gasteiger partial charge in [0.2, 0.25) is 0 Å². The fourth-order valence-corrected chi connectivity index (χ4v) is 4.00. The molecular weight excluding hydrogens is 349 g/mol. The molecule has 4 nitrogen and oxygen atoms in total. The maximum absolute atomic E-state index is 13.1. The first-order chi connectivity index (χ1) is 11.4. The van der Waals surface area contributed by atoms with Crippen molar-refractivity contribution >= 4 is 21.5 Å². The summed E-state index contributed by atoms with van der Waals surface area (Å²) < 4.78 is 42.4. The average Bonchev–Trinajstić information content (AvgIpc) is 2.93. The summed E-state index contributed by atoms with van der Waals surface area (Å²) in [4.78, 5) is 4.37. The van der Waals surface area contributed by atoms with E-state index in [1.54, 1.807) is 24.3 Å². The van der Waals surface area contributed by atoms with Gasteiger partial charge in [-0.3, -0.25) is 0 Å². The SMILES string of the molecule is Cc1csc(-c2ccc(OS(=O)(=O)Cc3cccc(F)c3)cc2)n1. The fraction of sp³-hybridized carbons (Fsp3) is 0.118. The predicted octanol–water partition coefficient (Wildman–Crippen LogP) is 4.17. The summed E-state index contributed by atoms with van der Waals surface area (Å²) in [7, 11) is -3.86. The number of nitrogens with zero attached hydrogens (tertiary/aromatic N) is 1. The summed E-state index contributed by atoms with van der Waals surface area (Å²) in [6.45, 7) is 1.91. The Balaban J connectivity index is 1.73. The van der Waals surface area contributed by atoms with Crippen molar-refractivity contribution in [3.05, 3.63) is 71.0 Å². The maximum Gasteiger partial charge on any atom is 0.313 e. The van der Waals surface area contributed by atoms with E-state index >= 15 is 0 Å². The molecule has 124 valence electrons. The van der Waals surface area contributed by atoms with E-state index in [-0.39, 0.29) is 5.75 Å². The maximum atomic E-state index is 13.1. The second-order valence-electron chi connectivity index (χ2n) is 5.23. The summed E-state index contributed by atoms with van der Waals surface area (Å²) >= 11 is 1.52. The number of aromatic nitrogens is 1. The normalized spacial score (nSPS) is 11.4. The largest absolute Gasteiger partial charge is 0.382 e. The van der Waals surface area contributed by atoms with E-state index in [0.29, 0.717) is 5.56 Å². The molecule has 0 fully saturated rings. The van der Waals surface area contributed by atoms with Crippen molar-refractivity contribution in [3.63, 3.8) is 0 Å². The van der Waals surface area contributed by atoms with E-state index in [4.69, 9.17) is 4.18 Å². The number of thiazole rings is 1. The lowest BCUT2D eigenvalue weighted by molar-refractivity contribution is 0.485. The molecule has 24 heavy (non-hydrogen) atoms. The molecule has 1 aromatic heterocycles. The van der Waals surface area contributed by atoms with Crippen molar-refractivity contribution in [1.29, 1.82) is 0 Å². The highest BCUT2D eigenvalue weighted by Gasteiger charge is 2.15. The van der Waals surface area contributed by atoms with Crippen LogP contribution in [-0.4, -0.2) is 13.4 Å². The fourth-order valence-electron chi connectivity index (χ4n) is 2.15. The van der Waals surface area contributed by atoms with Crippen LogP contribution in [0.25, 0.3) is 10.6 Å². The summed E-state index contributed by atoms with van der Waals surface area (Å²) in [5.41, 5.74) is 2.17. The van der Waals surface area contributed by atoms with Gasteiger partial charge < -0.3 is 4.18 Å². The molecular formula is C17H14FNO3S2. The van der Waals surface area contributed by atoms with Gasteiger partial charge in [-0.15, -0.1) is 11.3 Å². The molecule has 0 unspecified atom stereocenters. The van der Waals surface area contributed by atoms with E-state index in [9.17, 15) is 12.8 Å². The number of rotatable bonds is 5. The number of hydrogen-bond acceptors (Lipinski definition) is 5. The van der Waals surface area contributed by atoms with Gasteiger partial charge in [0.1, 0.15) is 22.3 Å². The summed E-state index contributed by atoms with van der Waals surface area (Å²) in [5.74, 6) is -0.660. The summed E-state index contributed by atoms with van der Waals surface area (Å²) in [6, 6.07) is 12.1. The number of hydrogen-bond donors (Lipinski definition) is 0. The van der Waals surface area contributed by atoms with Crippen molar-refractivity contribution in [1.82, 2.24) is 4.98 Å². The Kier molecular flexibility index (Phi) is 4.64. The van der Waals surface area contributed by atoms with Gasteiger partial charge in [0.15, 0.2) is 0 Å². The lowest BCUT2D eigenvalue weighted by atomic mass is 10.2. The molecule has 0 aliphatic carbocycles. The summed E-state index contributed by atoms with van der Waals surface area (Å²) in [6.07, 6.45) is 0. The third kappa shape index (κ3) is 4.18. The Bertz CT molecular complexity index is 950. The van der Waals surface area contributed by atoms with E-state index in [2.05, 4.69) is 4.98 Å². The second kappa shape index (κ2) is 6.70. The molecule has 0 spiro atoms. The minimum absolute atomic E-state index is 0.212. The van der Waals surface area contributed by atoms with E-state index in [1.165, 1.54) is 35.6 Å². The second-order valence-corrected chi connectivity index (χ2v) is 7.66. The molecule has 0 N–H and O–H groups in total. The van der Waals surface area contributed by atoms with Crippen LogP contribution in [0.1, 0.15) is 11.3 Å². The van der Waals surface area contributed by atoms with Crippen molar-refractivity contribution in [2.24, 2.45) is 0 Å². The molecule has 3 rings (SSSR count). The van der Waals surface area contributed by atoms with Gasteiger partial charge in [-0.05, 0) is 48.9 Å². The van der Waals surface area contributed by atoms with Crippen LogP contribution in [-0.2, 0) is 15.9 Å². The minimum Gasteiger partial charge on any atom is -0.382 e. The molecule has 7 heteroatoms. The van der Waals surface area contributed by atoms with Crippen LogP contribution >= 0.6 is 11.3 Å². The minimum atomic E-state index is -3.86. The van der Waals surface area contributed by atoms with Gasteiger partial charge in [-0.1, -0.05) is 12.1 Å². The number of aryl methyl sites for hydroxylation is 1. The molecule has 0 bridgehead atoms. The predicted molar refractivity (Wildman–Crippen MR) is 91.9 cm³/mol. The molecule has 0 aliphatic heterocycles. The Labute approximate surface area is 143 Å². The highest BCUT2D eigenvalue weighted by Crippen LogP contribution is 2.26. The first kappa shape index (κ1) is 16.6. The lowest BCUT2D eigenvalue weighted by Crippen LogP contribution is -2.12. The van der Waals surface area contributed by atoms with Crippen molar-refractivity contribution < 1.29 is 17.0 Å². The molecule has 0 radical (unpaired) electrons. The van der Waals surface area contributed by atoms with E-state index in [1.807, 2.05) is 12.3 Å². The van der Waals surface area contributed by atoms with Crippen molar-refractivity contribution in [2.75, 3.05) is 0 Å². The number of benzene rings is 2. The molecule has 0 aliphatic rings. The standard InChI is InChI=1S/C17H14FNO3S2/c1-12-10-23-17(19-12)14-5-7-16(8-6-14)22-24(20,21)11-13-3-2-4-15(18)9-13/h2-10H,11H2,1H3. The Morgan fingerprint density at radius 3 is 2.54 bits per heavy atom. The molecule has 0 atom stereocenters. The topological polar surface area (TPSA) is 56.3 Å². The van der Waals surface area contributed by atoms with Gasteiger partial charge in [0, 0.05) is 16.6 Å². The molecule has 1 heterocycles. The quantitative estimate of drug-likeness (QED) is 0.639. The molecule has 0 amide bonds. The van der Waals surface area contributed by atoms with Crippen LogP contribution in [0.15, 0.2) is 53.9 Å². The summed E-state index contributed by atoms with van der Waals surface area (Å²) in [5, 5.41) is 2.81. The van der Waals surface area contributed by atoms with Gasteiger partial charge in [0.25, 0.3) is 0 Å². The van der Waals surface area contributed by atoms with Crippen LogP contribution < -0.4 is 4.18 Å². The van der Waals surface area contributed by atoms with Gasteiger partial charge >= 0.3 is 10.1 Å². The third-order valence-electron chi connectivity index (χ3n) is 3.18. The lowest BCUT2D eigenvalue weighted by Gasteiger charge is -2.07. The Morgan fingerprint density at radius 1 is 1.17 bits per heavy atom. The monoisotopic (exact) mass is 363 g/mol. The van der Waals surface area contributed by atoms with Gasteiger partial charge in [-0.25, -0.2) is 9.37 Å². The van der Waals surface area contributed by atoms with Crippen LogP contribution in [0, 0.1) is 12.7 Å². The highest BCUT2D eigenvalue weighted by molar-refractivity contribution is 7.86. The zero-order chi connectivity index (χ0) is 17.2. The zero-order valence-corrected chi connectivity index (χ0v) is 14.4. The zero-order valence-electron chi connectivity index (χ0n) is 12.8. The van der Waals surface area contributed by atoms with Crippen LogP contribution in [0.3, 0.4) is 0 Å². The highest BCUT2D eigenvalue weighted by atomic mass is 32.2. The van der Waals surface area contributed by atoms with Crippen molar-refractivity contribution in [2.45, 2.75) is 12.7 Å².